The fourth-order valence-corrected chi connectivity index (χ4v) is 2.32. The van der Waals surface area contributed by atoms with Gasteiger partial charge in [0.2, 0.25) is 0 Å². The zero-order chi connectivity index (χ0) is 10.8. The van der Waals surface area contributed by atoms with Gasteiger partial charge in [-0.15, -0.1) is 0 Å². The summed E-state index contributed by atoms with van der Waals surface area (Å²) >= 11 is 0. The lowest BCUT2D eigenvalue weighted by Gasteiger charge is -2.15. The Labute approximate surface area is 91.1 Å². The number of nitrogens with two attached hydrogens (primary N) is 1. The Morgan fingerprint density at radius 3 is 3.07 bits per heavy atom. The quantitative estimate of drug-likeness (QED) is 0.801. The second kappa shape index (κ2) is 4.33. The van der Waals surface area contributed by atoms with Crippen LogP contribution in [0.4, 0.5) is 0 Å². The number of likely N-dealkylation sites (tertiary alicyclic amines) is 1. The molecule has 4 nitrogen and oxygen atoms in total. The Kier molecular flexibility index (Phi) is 3.07. The Balaban J connectivity index is 2.01. The molecule has 1 aromatic rings. The van der Waals surface area contributed by atoms with E-state index >= 15 is 0 Å². The zero-order valence-corrected chi connectivity index (χ0v) is 9.56. The molecule has 1 aliphatic rings. The molecule has 4 heteroatoms. The SMILES string of the molecule is CC(N)c1cncn1CC1CCN(C)C1. The topological polar surface area (TPSA) is 47.1 Å². The maximum Gasteiger partial charge on any atom is 0.0948 e. The minimum absolute atomic E-state index is 0.0756. The number of nitrogens with zero attached hydrogens (tertiary/aromatic N) is 3. The van der Waals surface area contributed by atoms with E-state index in [1.165, 1.54) is 19.5 Å². The van der Waals surface area contributed by atoms with E-state index in [2.05, 4.69) is 21.5 Å². The van der Waals surface area contributed by atoms with Crippen molar-refractivity contribution in [2.75, 3.05) is 20.1 Å². The molecule has 0 amide bonds. The van der Waals surface area contributed by atoms with Gasteiger partial charge in [-0.2, -0.15) is 0 Å². The average Bonchev–Trinajstić information content (AvgIpc) is 2.75. The first kappa shape index (κ1) is 10.6. The van der Waals surface area contributed by atoms with Crippen LogP contribution in [0.15, 0.2) is 12.5 Å². The molecular weight excluding hydrogens is 188 g/mol. The number of hydrogen-bond donors (Lipinski definition) is 1. The van der Waals surface area contributed by atoms with Gasteiger partial charge in [-0.05, 0) is 32.9 Å². The number of rotatable bonds is 3. The van der Waals surface area contributed by atoms with Gasteiger partial charge in [0.15, 0.2) is 0 Å². The van der Waals surface area contributed by atoms with Crippen molar-refractivity contribution in [3.63, 3.8) is 0 Å². The van der Waals surface area contributed by atoms with Gasteiger partial charge in [-0.25, -0.2) is 4.98 Å². The van der Waals surface area contributed by atoms with Crippen LogP contribution in [0.3, 0.4) is 0 Å². The molecule has 0 radical (unpaired) electrons. The number of aromatic nitrogens is 2. The summed E-state index contributed by atoms with van der Waals surface area (Å²) in [5.74, 6) is 0.752. The molecular formula is C11H20N4. The first-order chi connectivity index (χ1) is 7.16. The third-order valence-electron chi connectivity index (χ3n) is 3.15. The predicted octanol–water partition coefficient (Wildman–Crippen LogP) is 0.855. The molecule has 2 unspecified atom stereocenters. The van der Waals surface area contributed by atoms with Crippen LogP contribution >= 0.6 is 0 Å². The second-order valence-electron chi connectivity index (χ2n) is 4.68. The summed E-state index contributed by atoms with van der Waals surface area (Å²) in [7, 11) is 2.18. The Bertz CT molecular complexity index is 318. The van der Waals surface area contributed by atoms with Gasteiger partial charge in [0, 0.05) is 25.3 Å². The third-order valence-corrected chi connectivity index (χ3v) is 3.15. The summed E-state index contributed by atoms with van der Waals surface area (Å²) < 4.78 is 2.20. The molecule has 15 heavy (non-hydrogen) atoms. The summed E-state index contributed by atoms with van der Waals surface area (Å²) in [5.41, 5.74) is 7.03. The summed E-state index contributed by atoms with van der Waals surface area (Å²) in [6.45, 7) is 5.47. The van der Waals surface area contributed by atoms with E-state index in [1.807, 2.05) is 19.4 Å². The summed E-state index contributed by atoms with van der Waals surface area (Å²) in [4.78, 5) is 6.56. The van der Waals surface area contributed by atoms with Crippen molar-refractivity contribution >= 4 is 0 Å². The van der Waals surface area contributed by atoms with Crippen LogP contribution < -0.4 is 5.73 Å². The van der Waals surface area contributed by atoms with Crippen LogP contribution in [0.25, 0.3) is 0 Å². The molecule has 0 aliphatic carbocycles. The zero-order valence-electron chi connectivity index (χ0n) is 9.56. The van der Waals surface area contributed by atoms with Gasteiger partial charge in [0.05, 0.1) is 12.0 Å². The molecule has 2 atom stereocenters. The van der Waals surface area contributed by atoms with E-state index in [1.54, 1.807) is 0 Å². The highest BCUT2D eigenvalue weighted by molar-refractivity contribution is 5.03. The van der Waals surface area contributed by atoms with Gasteiger partial charge in [-0.3, -0.25) is 0 Å². The largest absolute Gasteiger partial charge is 0.333 e. The van der Waals surface area contributed by atoms with Crippen molar-refractivity contribution in [1.29, 1.82) is 0 Å². The molecule has 2 heterocycles. The minimum atomic E-state index is 0.0756. The van der Waals surface area contributed by atoms with Gasteiger partial charge < -0.3 is 15.2 Å². The maximum atomic E-state index is 5.89. The first-order valence-electron chi connectivity index (χ1n) is 5.61. The number of imidazole rings is 1. The normalized spacial score (nSPS) is 24.6. The first-order valence-corrected chi connectivity index (χ1v) is 5.61. The van der Waals surface area contributed by atoms with E-state index in [4.69, 9.17) is 5.73 Å². The molecule has 1 fully saturated rings. The van der Waals surface area contributed by atoms with E-state index in [0.29, 0.717) is 0 Å². The van der Waals surface area contributed by atoms with Crippen molar-refractivity contribution in [2.24, 2.45) is 11.7 Å². The predicted molar refractivity (Wildman–Crippen MR) is 60.4 cm³/mol. The summed E-state index contributed by atoms with van der Waals surface area (Å²) in [6, 6.07) is 0.0756. The Hall–Kier alpha value is -0.870. The van der Waals surface area contributed by atoms with Crippen molar-refractivity contribution in [1.82, 2.24) is 14.5 Å². The molecule has 1 aliphatic heterocycles. The maximum absolute atomic E-state index is 5.89. The highest BCUT2D eigenvalue weighted by Gasteiger charge is 2.20. The monoisotopic (exact) mass is 208 g/mol. The average molecular weight is 208 g/mol. The van der Waals surface area contributed by atoms with E-state index in [0.717, 1.165) is 18.2 Å². The van der Waals surface area contributed by atoms with Crippen LogP contribution in [0.1, 0.15) is 25.1 Å². The number of hydrogen-bond acceptors (Lipinski definition) is 3. The molecule has 1 saturated heterocycles. The van der Waals surface area contributed by atoms with Gasteiger partial charge in [0.1, 0.15) is 0 Å². The van der Waals surface area contributed by atoms with Crippen LogP contribution in [0.2, 0.25) is 0 Å². The minimum Gasteiger partial charge on any atom is -0.333 e. The smallest absolute Gasteiger partial charge is 0.0948 e. The van der Waals surface area contributed by atoms with Gasteiger partial charge >= 0.3 is 0 Å². The molecule has 2 rings (SSSR count). The van der Waals surface area contributed by atoms with Crippen LogP contribution in [-0.4, -0.2) is 34.6 Å². The van der Waals surface area contributed by atoms with E-state index in [-0.39, 0.29) is 6.04 Å². The van der Waals surface area contributed by atoms with Crippen LogP contribution in [-0.2, 0) is 6.54 Å². The Morgan fingerprint density at radius 1 is 1.67 bits per heavy atom. The van der Waals surface area contributed by atoms with Crippen molar-refractivity contribution in [2.45, 2.75) is 25.9 Å². The van der Waals surface area contributed by atoms with Gasteiger partial charge in [0.25, 0.3) is 0 Å². The van der Waals surface area contributed by atoms with Crippen molar-refractivity contribution in [3.05, 3.63) is 18.2 Å². The summed E-state index contributed by atoms with van der Waals surface area (Å²) in [5, 5.41) is 0. The van der Waals surface area contributed by atoms with E-state index < -0.39 is 0 Å². The van der Waals surface area contributed by atoms with Crippen molar-refractivity contribution in [3.8, 4) is 0 Å². The highest BCUT2D eigenvalue weighted by atomic mass is 15.1. The molecule has 2 N–H and O–H groups in total. The lowest BCUT2D eigenvalue weighted by atomic mass is 10.1. The molecule has 1 aromatic heterocycles. The standard InChI is InChI=1S/C11H20N4/c1-9(12)11-5-13-8-15(11)7-10-3-4-14(2)6-10/h5,8-10H,3-4,6-7,12H2,1-2H3. The third kappa shape index (κ3) is 2.38. The van der Waals surface area contributed by atoms with Crippen LogP contribution in [0, 0.1) is 5.92 Å². The molecule has 0 saturated carbocycles. The van der Waals surface area contributed by atoms with Crippen molar-refractivity contribution < 1.29 is 0 Å². The molecule has 0 aromatic carbocycles. The second-order valence-corrected chi connectivity index (χ2v) is 4.68. The lowest BCUT2D eigenvalue weighted by molar-refractivity contribution is 0.375. The fourth-order valence-electron chi connectivity index (χ4n) is 2.32. The van der Waals surface area contributed by atoms with E-state index in [9.17, 15) is 0 Å². The highest BCUT2D eigenvalue weighted by Crippen LogP contribution is 2.18. The molecule has 0 bridgehead atoms. The Morgan fingerprint density at radius 2 is 2.47 bits per heavy atom. The van der Waals surface area contributed by atoms with Gasteiger partial charge in [-0.1, -0.05) is 0 Å². The summed E-state index contributed by atoms with van der Waals surface area (Å²) in [6.07, 6.45) is 5.06. The lowest BCUT2D eigenvalue weighted by Crippen LogP contribution is -2.19. The van der Waals surface area contributed by atoms with Crippen LogP contribution in [0.5, 0.6) is 0 Å². The molecule has 0 spiro atoms. The molecule has 84 valence electrons. The fraction of sp³-hybridized carbons (Fsp3) is 0.727.